The molecule has 0 aliphatic heterocycles. The lowest BCUT2D eigenvalue weighted by molar-refractivity contribution is -0.450. The highest BCUT2D eigenvalue weighted by Crippen LogP contribution is 1.73. The summed E-state index contributed by atoms with van der Waals surface area (Å²) in [5, 5.41) is 21.3. The number of hydrogen-bond donors (Lipinski definition) is 2. The van der Waals surface area contributed by atoms with Gasteiger partial charge in [-0.05, 0) is 0 Å². The highest BCUT2D eigenvalue weighted by atomic mass is 28.3. The molecule has 2 N–H and O–H groups in total. The molecule has 9 heteroatoms. The molecule has 0 atom stereocenters. The van der Waals surface area contributed by atoms with Crippen LogP contribution >= 0.6 is 0 Å². The molecule has 0 heterocycles. The SMILES string of the molecule is OOO[Si]O[Si]OOO. The molecule has 0 spiro atoms. The Morgan fingerprint density at radius 2 is 1.33 bits per heavy atom. The van der Waals surface area contributed by atoms with Crippen molar-refractivity contribution < 1.29 is 33.9 Å². The van der Waals surface area contributed by atoms with Crippen LogP contribution in [0, 0.1) is 0 Å². The normalized spacial score (nSPS) is 10.0. The molecule has 0 rings (SSSR count). The van der Waals surface area contributed by atoms with E-state index in [0.29, 0.717) is 0 Å². The molecular weight excluding hydrogens is 168 g/mol. The quantitative estimate of drug-likeness (QED) is 0.227. The molecule has 0 aromatic heterocycles. The number of hydrogen-bond acceptors (Lipinski definition) is 7. The van der Waals surface area contributed by atoms with E-state index in [-0.39, 0.29) is 0 Å². The minimum atomic E-state index is -0.534. The third-order valence-electron chi connectivity index (χ3n) is 0.226. The lowest BCUT2D eigenvalue weighted by Crippen LogP contribution is -2.10. The standard InChI is InChI=1S/H2O7Si2/c1-3-5-8-7-9-6-4-2/h1-2H. The monoisotopic (exact) mass is 170 g/mol. The van der Waals surface area contributed by atoms with Crippen LogP contribution in [0.15, 0.2) is 0 Å². The minimum Gasteiger partial charge on any atom is -0.408 e. The Kier molecular flexibility index (Phi) is 8.29. The Bertz CT molecular complexity index is 40.2. The lowest BCUT2D eigenvalue weighted by atomic mass is 14.6. The van der Waals surface area contributed by atoms with Gasteiger partial charge in [0.1, 0.15) is 0 Å². The van der Waals surface area contributed by atoms with Crippen LogP contribution in [-0.4, -0.2) is 30.5 Å². The highest BCUT2D eigenvalue weighted by molar-refractivity contribution is 6.33. The number of rotatable bonds is 6. The molecule has 0 fully saturated rings. The lowest BCUT2D eigenvalue weighted by Gasteiger charge is -1.93. The first-order valence-electron chi connectivity index (χ1n) is 1.51. The fourth-order valence-electron chi connectivity index (χ4n) is 0.0815. The summed E-state index contributed by atoms with van der Waals surface area (Å²) in [6.07, 6.45) is 0. The maximum atomic E-state index is 7.51. The molecule has 52 valence electrons. The summed E-state index contributed by atoms with van der Waals surface area (Å²) in [5.74, 6) is 0. The topological polar surface area (TPSA) is 86.6 Å². The molecule has 0 unspecified atom stereocenters. The first-order valence-corrected chi connectivity index (χ1v) is 3.15. The average Bonchev–Trinajstić information content (AvgIpc) is 1.89. The van der Waals surface area contributed by atoms with E-state index in [9.17, 15) is 0 Å². The van der Waals surface area contributed by atoms with Crippen molar-refractivity contribution in [1.82, 2.24) is 0 Å². The fraction of sp³-hybridized carbons (Fsp3) is 0. The molecule has 0 saturated carbocycles. The molecule has 0 aliphatic carbocycles. The Labute approximate surface area is 54.9 Å². The molecule has 0 saturated heterocycles. The van der Waals surface area contributed by atoms with Gasteiger partial charge in [-0.3, -0.25) is 0 Å². The summed E-state index contributed by atoms with van der Waals surface area (Å²) < 4.78 is 12.0. The Balaban J connectivity index is 2.60. The second-order valence-electron chi connectivity index (χ2n) is 0.584. The van der Waals surface area contributed by atoms with Crippen LogP contribution in [0.25, 0.3) is 0 Å². The van der Waals surface area contributed by atoms with Crippen LogP contribution < -0.4 is 0 Å². The molecule has 9 heavy (non-hydrogen) atoms. The summed E-state index contributed by atoms with van der Waals surface area (Å²) >= 11 is 0. The predicted molar refractivity (Wildman–Crippen MR) is 22.2 cm³/mol. The van der Waals surface area contributed by atoms with E-state index in [0.717, 1.165) is 0 Å². The molecule has 4 radical (unpaired) electrons. The van der Waals surface area contributed by atoms with Crippen LogP contribution in [0.4, 0.5) is 0 Å². The smallest absolute Gasteiger partial charge is 0.408 e. The zero-order valence-electron chi connectivity index (χ0n) is 3.94. The fourth-order valence-corrected chi connectivity index (χ4v) is 0.551. The summed E-state index contributed by atoms with van der Waals surface area (Å²) in [7, 11) is -1.07. The molecule has 0 aromatic rings. The van der Waals surface area contributed by atoms with E-state index in [1.54, 1.807) is 0 Å². The van der Waals surface area contributed by atoms with Crippen LogP contribution in [0.2, 0.25) is 0 Å². The van der Waals surface area contributed by atoms with Gasteiger partial charge in [-0.15, -0.1) is 0 Å². The van der Waals surface area contributed by atoms with Crippen LogP contribution in [0.1, 0.15) is 0 Å². The van der Waals surface area contributed by atoms with Crippen LogP contribution in [0.3, 0.4) is 0 Å². The van der Waals surface area contributed by atoms with Crippen molar-refractivity contribution in [3.8, 4) is 0 Å². The Morgan fingerprint density at radius 1 is 0.889 bits per heavy atom. The second kappa shape index (κ2) is 8.15. The minimum absolute atomic E-state index is 0.534. The van der Waals surface area contributed by atoms with Crippen molar-refractivity contribution >= 4 is 20.0 Å². The van der Waals surface area contributed by atoms with Crippen molar-refractivity contribution in [1.29, 1.82) is 0 Å². The van der Waals surface area contributed by atoms with Crippen molar-refractivity contribution in [2.24, 2.45) is 0 Å². The molecule has 7 nitrogen and oxygen atoms in total. The van der Waals surface area contributed by atoms with Crippen molar-refractivity contribution in [3.05, 3.63) is 0 Å². The van der Waals surface area contributed by atoms with Gasteiger partial charge in [-0.25, -0.2) is 19.7 Å². The van der Waals surface area contributed by atoms with Gasteiger partial charge in [0, 0.05) is 0 Å². The van der Waals surface area contributed by atoms with Gasteiger partial charge in [0.05, 0.1) is 0 Å². The zero-order chi connectivity index (χ0) is 6.95. The van der Waals surface area contributed by atoms with E-state index in [2.05, 4.69) is 23.3 Å². The summed E-state index contributed by atoms with van der Waals surface area (Å²) in [5.41, 5.74) is 0. The predicted octanol–water partition coefficient (Wildman–Crippen LogP) is -1.09. The molecule has 0 aromatic carbocycles. The maximum absolute atomic E-state index is 7.51. The zero-order valence-corrected chi connectivity index (χ0v) is 5.94. The third-order valence-corrected chi connectivity index (χ3v) is 1.18. The van der Waals surface area contributed by atoms with Gasteiger partial charge in [-0.2, -0.15) is 0 Å². The van der Waals surface area contributed by atoms with Gasteiger partial charge in [0.25, 0.3) is 0 Å². The Morgan fingerprint density at radius 3 is 1.67 bits per heavy atom. The molecule has 0 bridgehead atoms. The summed E-state index contributed by atoms with van der Waals surface area (Å²) in [6, 6.07) is 0. The van der Waals surface area contributed by atoms with Gasteiger partial charge in [0.15, 0.2) is 0 Å². The third kappa shape index (κ3) is 8.15. The van der Waals surface area contributed by atoms with Crippen molar-refractivity contribution in [3.63, 3.8) is 0 Å². The van der Waals surface area contributed by atoms with Crippen LogP contribution in [-0.2, 0) is 23.3 Å². The van der Waals surface area contributed by atoms with Gasteiger partial charge in [0.2, 0.25) is 0 Å². The van der Waals surface area contributed by atoms with E-state index >= 15 is 0 Å². The molecule has 0 aliphatic rings. The van der Waals surface area contributed by atoms with E-state index < -0.39 is 20.0 Å². The van der Waals surface area contributed by atoms with E-state index in [1.807, 2.05) is 0 Å². The van der Waals surface area contributed by atoms with E-state index in [1.165, 1.54) is 0 Å². The van der Waals surface area contributed by atoms with Gasteiger partial charge in [-0.1, -0.05) is 10.1 Å². The van der Waals surface area contributed by atoms with Gasteiger partial charge < -0.3 is 4.12 Å². The summed E-state index contributed by atoms with van der Waals surface area (Å²) in [6.45, 7) is 0. The van der Waals surface area contributed by atoms with Crippen LogP contribution in [0.5, 0.6) is 0 Å². The molecular formula is H2O7Si2. The summed E-state index contributed by atoms with van der Waals surface area (Å²) in [4.78, 5) is 0. The van der Waals surface area contributed by atoms with Crippen molar-refractivity contribution in [2.45, 2.75) is 0 Å². The Hall–Kier alpha value is 0.154. The first kappa shape index (κ1) is 9.15. The molecule has 0 amide bonds. The largest absolute Gasteiger partial charge is 0.467 e. The first-order chi connectivity index (χ1) is 4.41. The van der Waals surface area contributed by atoms with Gasteiger partial charge >= 0.3 is 20.0 Å². The van der Waals surface area contributed by atoms with E-state index in [4.69, 9.17) is 10.5 Å². The second-order valence-corrected chi connectivity index (χ2v) is 2.07. The maximum Gasteiger partial charge on any atom is 0.467 e. The average molecular weight is 170 g/mol. The highest BCUT2D eigenvalue weighted by Gasteiger charge is 1.96. The van der Waals surface area contributed by atoms with Crippen molar-refractivity contribution in [2.75, 3.05) is 0 Å².